The molecule has 1 amide bonds. The van der Waals surface area contributed by atoms with Crippen LogP contribution in [0.15, 0.2) is 42.5 Å². The number of hydrogen-bond donors (Lipinski definition) is 1. The molecule has 0 radical (unpaired) electrons. The molecule has 0 fully saturated rings. The van der Waals surface area contributed by atoms with Crippen molar-refractivity contribution in [2.24, 2.45) is 0 Å². The molecule has 2 aromatic carbocycles. The number of non-ortho nitro benzene ring substituents is 1. The van der Waals surface area contributed by atoms with Crippen molar-refractivity contribution in [1.82, 2.24) is 9.78 Å². The third-order valence-electron chi connectivity index (χ3n) is 4.98. The molecule has 14 heteroatoms. The lowest BCUT2D eigenvalue weighted by atomic mass is 10.2. The molecule has 0 saturated heterocycles. The Labute approximate surface area is 195 Å². The van der Waals surface area contributed by atoms with Crippen LogP contribution in [0.4, 0.5) is 30.2 Å². The molecule has 11 nitrogen and oxygen atoms in total. The molecule has 35 heavy (non-hydrogen) atoms. The second-order valence-electron chi connectivity index (χ2n) is 7.49. The summed E-state index contributed by atoms with van der Waals surface area (Å²) >= 11 is 0. The first-order chi connectivity index (χ1) is 16.3. The Morgan fingerprint density at radius 2 is 1.77 bits per heavy atom. The Balaban J connectivity index is 1.89. The number of amides is 1. The summed E-state index contributed by atoms with van der Waals surface area (Å²) in [6, 6.07) is 6.12. The summed E-state index contributed by atoms with van der Waals surface area (Å²) < 4.78 is 45.4. The number of ether oxygens (including phenoxy) is 1. The minimum atomic E-state index is -4.62. The summed E-state index contributed by atoms with van der Waals surface area (Å²) in [5, 5.41) is 29.0. The maximum atomic E-state index is 13.0. The molecule has 1 N–H and O–H groups in total. The number of aryl methyl sites for hydroxylation is 1. The zero-order chi connectivity index (χ0) is 26.1. The number of hydrogen-bond acceptors (Lipinski definition) is 7. The summed E-state index contributed by atoms with van der Waals surface area (Å²) in [4.78, 5) is 34.0. The van der Waals surface area contributed by atoms with E-state index < -0.39 is 39.2 Å². The van der Waals surface area contributed by atoms with E-state index in [2.05, 4.69) is 10.4 Å². The van der Waals surface area contributed by atoms with Crippen molar-refractivity contribution < 1.29 is 32.5 Å². The molecule has 0 bridgehead atoms. The molecule has 1 aromatic heterocycles. The van der Waals surface area contributed by atoms with Crippen LogP contribution in [0, 0.1) is 34.1 Å². The van der Waals surface area contributed by atoms with Crippen molar-refractivity contribution in [3.8, 4) is 11.5 Å². The highest BCUT2D eigenvalue weighted by atomic mass is 19.4. The number of carbonyl (C=O) groups excluding carboxylic acids is 1. The number of nitro benzene ring substituents is 1. The first-order valence-electron chi connectivity index (χ1n) is 9.93. The second-order valence-corrected chi connectivity index (χ2v) is 7.49. The number of nitrogens with one attached hydrogen (secondary N) is 1. The van der Waals surface area contributed by atoms with Gasteiger partial charge in [0.05, 0.1) is 27.2 Å². The SMILES string of the molecule is Cc1nn(C(C)C(=O)Nc2cc(Oc3cccc(C(F)(F)F)c3)cc([N+](=O)[O-])c2)c(C)c1[N+](=O)[O-]. The van der Waals surface area contributed by atoms with E-state index in [-0.39, 0.29) is 34.3 Å². The zero-order valence-corrected chi connectivity index (χ0v) is 18.5. The summed E-state index contributed by atoms with van der Waals surface area (Å²) in [5.41, 5.74) is -1.52. The Kier molecular flexibility index (Phi) is 6.75. The number of rotatable bonds is 7. The second kappa shape index (κ2) is 9.40. The maximum absolute atomic E-state index is 13.0. The lowest BCUT2D eigenvalue weighted by Gasteiger charge is -2.15. The molecular formula is C21H18F3N5O6. The van der Waals surface area contributed by atoms with Gasteiger partial charge in [0, 0.05) is 12.1 Å². The van der Waals surface area contributed by atoms with Gasteiger partial charge >= 0.3 is 11.9 Å². The van der Waals surface area contributed by atoms with Crippen LogP contribution >= 0.6 is 0 Å². The van der Waals surface area contributed by atoms with E-state index in [9.17, 15) is 38.2 Å². The highest BCUT2D eigenvalue weighted by Crippen LogP contribution is 2.34. The number of anilines is 1. The highest BCUT2D eigenvalue weighted by Gasteiger charge is 2.31. The highest BCUT2D eigenvalue weighted by molar-refractivity contribution is 5.94. The molecule has 0 spiro atoms. The van der Waals surface area contributed by atoms with Crippen molar-refractivity contribution in [1.29, 1.82) is 0 Å². The largest absolute Gasteiger partial charge is 0.457 e. The number of nitro groups is 2. The van der Waals surface area contributed by atoms with E-state index >= 15 is 0 Å². The fourth-order valence-electron chi connectivity index (χ4n) is 3.35. The Morgan fingerprint density at radius 3 is 2.34 bits per heavy atom. The molecule has 3 rings (SSSR count). The Bertz CT molecular complexity index is 1320. The van der Waals surface area contributed by atoms with Crippen LogP contribution in [0.5, 0.6) is 11.5 Å². The third kappa shape index (κ3) is 5.54. The number of halogens is 3. The average molecular weight is 493 g/mol. The molecule has 0 saturated carbocycles. The molecule has 0 aliphatic heterocycles. The van der Waals surface area contributed by atoms with E-state index in [4.69, 9.17) is 4.74 Å². The molecule has 1 heterocycles. The van der Waals surface area contributed by atoms with Gasteiger partial charge in [-0.05, 0) is 39.0 Å². The fraction of sp³-hybridized carbons (Fsp3) is 0.238. The Morgan fingerprint density at radius 1 is 1.09 bits per heavy atom. The lowest BCUT2D eigenvalue weighted by molar-refractivity contribution is -0.386. The van der Waals surface area contributed by atoms with Gasteiger partial charge in [-0.15, -0.1) is 0 Å². The van der Waals surface area contributed by atoms with E-state index in [0.29, 0.717) is 0 Å². The fourth-order valence-corrected chi connectivity index (χ4v) is 3.35. The molecular weight excluding hydrogens is 475 g/mol. The van der Waals surface area contributed by atoms with Crippen LogP contribution in [-0.4, -0.2) is 25.5 Å². The number of alkyl halides is 3. The van der Waals surface area contributed by atoms with Gasteiger partial charge in [-0.2, -0.15) is 18.3 Å². The van der Waals surface area contributed by atoms with Gasteiger partial charge in [-0.3, -0.25) is 29.7 Å². The summed E-state index contributed by atoms with van der Waals surface area (Å²) in [7, 11) is 0. The van der Waals surface area contributed by atoms with E-state index in [1.165, 1.54) is 32.9 Å². The van der Waals surface area contributed by atoms with Crippen LogP contribution in [0.2, 0.25) is 0 Å². The van der Waals surface area contributed by atoms with Gasteiger partial charge in [0.25, 0.3) is 5.69 Å². The smallest absolute Gasteiger partial charge is 0.416 e. The van der Waals surface area contributed by atoms with Crippen molar-refractivity contribution in [2.75, 3.05) is 5.32 Å². The predicted molar refractivity (Wildman–Crippen MR) is 116 cm³/mol. The van der Waals surface area contributed by atoms with E-state index in [1.807, 2.05) is 0 Å². The van der Waals surface area contributed by atoms with Gasteiger partial charge in [-0.1, -0.05) is 6.07 Å². The zero-order valence-electron chi connectivity index (χ0n) is 18.5. The van der Waals surface area contributed by atoms with Crippen molar-refractivity contribution in [3.63, 3.8) is 0 Å². The van der Waals surface area contributed by atoms with E-state index in [1.54, 1.807) is 0 Å². The van der Waals surface area contributed by atoms with Crippen LogP contribution in [-0.2, 0) is 11.0 Å². The molecule has 1 unspecified atom stereocenters. The van der Waals surface area contributed by atoms with Gasteiger partial charge in [-0.25, -0.2) is 0 Å². The van der Waals surface area contributed by atoms with Gasteiger partial charge in [0.1, 0.15) is 28.9 Å². The maximum Gasteiger partial charge on any atom is 0.416 e. The van der Waals surface area contributed by atoms with Crippen molar-refractivity contribution in [2.45, 2.75) is 33.0 Å². The molecule has 0 aliphatic carbocycles. The number of benzene rings is 2. The van der Waals surface area contributed by atoms with Gasteiger partial charge in [0.2, 0.25) is 5.91 Å². The first kappa shape index (κ1) is 25.1. The van der Waals surface area contributed by atoms with Crippen molar-refractivity contribution >= 4 is 23.0 Å². The standard InChI is InChI=1S/C21H18F3N5O6/c1-11-19(29(33)34)12(2)27(26-11)13(3)20(30)25-15-8-16(28(31)32)10-18(9-15)35-17-6-4-5-14(7-17)21(22,23)24/h4-10,13H,1-3H3,(H,25,30). The van der Waals surface area contributed by atoms with Crippen LogP contribution in [0.25, 0.3) is 0 Å². The quantitative estimate of drug-likeness (QED) is 0.346. The minimum absolute atomic E-state index is 0.0749. The summed E-state index contributed by atoms with van der Waals surface area (Å²) in [6.45, 7) is 4.27. The minimum Gasteiger partial charge on any atom is -0.457 e. The lowest BCUT2D eigenvalue weighted by Crippen LogP contribution is -2.25. The van der Waals surface area contributed by atoms with Crippen LogP contribution < -0.4 is 10.1 Å². The third-order valence-corrected chi connectivity index (χ3v) is 4.98. The monoisotopic (exact) mass is 493 g/mol. The van der Waals surface area contributed by atoms with Gasteiger partial charge in [0.15, 0.2) is 0 Å². The predicted octanol–water partition coefficient (Wildman–Crippen LogP) is 5.33. The number of nitrogens with zero attached hydrogens (tertiary/aromatic N) is 4. The normalized spacial score (nSPS) is 12.2. The molecule has 3 aromatic rings. The molecule has 0 aliphatic rings. The van der Waals surface area contributed by atoms with Crippen molar-refractivity contribution in [3.05, 3.63) is 79.6 Å². The first-order valence-corrected chi connectivity index (χ1v) is 9.93. The summed E-state index contributed by atoms with van der Waals surface area (Å²) in [5.74, 6) is -1.11. The summed E-state index contributed by atoms with van der Waals surface area (Å²) in [6.07, 6.45) is -4.62. The Hall–Kier alpha value is -4.49. The van der Waals surface area contributed by atoms with E-state index in [0.717, 1.165) is 35.0 Å². The average Bonchev–Trinajstić information content (AvgIpc) is 3.06. The van der Waals surface area contributed by atoms with Gasteiger partial charge < -0.3 is 10.1 Å². The number of aromatic nitrogens is 2. The topological polar surface area (TPSA) is 142 Å². The number of carbonyl (C=O) groups is 1. The van der Waals surface area contributed by atoms with Crippen LogP contribution in [0.1, 0.15) is 29.9 Å². The van der Waals surface area contributed by atoms with Crippen LogP contribution in [0.3, 0.4) is 0 Å². The molecule has 1 atom stereocenters. The molecule has 184 valence electrons.